The fraction of sp³-hybridized carbons (Fsp3) is 0.692. The summed E-state index contributed by atoms with van der Waals surface area (Å²) in [7, 11) is 0. The van der Waals surface area contributed by atoms with Crippen molar-refractivity contribution in [1.29, 1.82) is 0 Å². The van der Waals surface area contributed by atoms with Crippen molar-refractivity contribution in [3.63, 3.8) is 0 Å². The maximum atomic E-state index is 12.3. The molecule has 0 spiro atoms. The monoisotopic (exact) mass is 298 g/mol. The highest BCUT2D eigenvalue weighted by Crippen LogP contribution is 2.20. The molecule has 8 heteroatoms. The molecule has 0 aliphatic heterocycles. The smallest absolute Gasteiger partial charge is 0.307 e. The minimum atomic E-state index is -1.10. The van der Waals surface area contributed by atoms with E-state index in [2.05, 4.69) is 10.4 Å². The second kappa shape index (κ2) is 5.80. The van der Waals surface area contributed by atoms with Gasteiger partial charge in [-0.15, -0.1) is 0 Å². The highest BCUT2D eigenvalue weighted by atomic mass is 16.6. The first-order valence-electron chi connectivity index (χ1n) is 6.68. The molecule has 8 nitrogen and oxygen atoms in total. The van der Waals surface area contributed by atoms with Gasteiger partial charge in [0.05, 0.1) is 10.5 Å². The average Bonchev–Trinajstić information content (AvgIpc) is 2.86. The van der Waals surface area contributed by atoms with Gasteiger partial charge in [-0.05, 0) is 26.7 Å². The number of carbonyl (C=O) groups is 1. The molecule has 0 bridgehead atoms. The normalized spacial score (nSPS) is 14.8. The number of amides is 1. The lowest BCUT2D eigenvalue weighted by Gasteiger charge is -2.30. The number of nitrogens with zero attached hydrogens (tertiary/aromatic N) is 3. The summed E-state index contributed by atoms with van der Waals surface area (Å²) in [5, 5.41) is 27.3. The lowest BCUT2D eigenvalue weighted by Crippen LogP contribution is -2.51. The second-order valence-electron chi connectivity index (χ2n) is 6.15. The lowest BCUT2D eigenvalue weighted by molar-refractivity contribution is -0.385. The van der Waals surface area contributed by atoms with Gasteiger partial charge in [0.2, 0.25) is 5.91 Å². The summed E-state index contributed by atoms with van der Waals surface area (Å²) in [6.07, 6.45) is 2.31. The Balaban J connectivity index is 2.82. The molecule has 1 atom stereocenters. The highest BCUT2D eigenvalue weighted by Gasteiger charge is 2.34. The van der Waals surface area contributed by atoms with Crippen molar-refractivity contribution >= 4 is 11.6 Å². The van der Waals surface area contributed by atoms with Gasteiger partial charge in [0.25, 0.3) is 0 Å². The van der Waals surface area contributed by atoms with Crippen LogP contribution in [0.5, 0.6) is 0 Å². The molecule has 118 valence electrons. The number of aliphatic hydroxyl groups is 1. The Kier molecular flexibility index (Phi) is 4.72. The van der Waals surface area contributed by atoms with E-state index in [1.807, 2.05) is 13.8 Å². The average molecular weight is 298 g/mol. The largest absolute Gasteiger partial charge is 0.388 e. The maximum Gasteiger partial charge on any atom is 0.307 e. The minimum Gasteiger partial charge on any atom is -0.388 e. The molecule has 0 aliphatic rings. The van der Waals surface area contributed by atoms with Crippen molar-refractivity contribution in [2.45, 2.75) is 45.8 Å². The third kappa shape index (κ3) is 3.78. The van der Waals surface area contributed by atoms with E-state index in [4.69, 9.17) is 0 Å². The Morgan fingerprint density at radius 3 is 2.52 bits per heavy atom. The van der Waals surface area contributed by atoms with Crippen LogP contribution in [0.3, 0.4) is 0 Å². The maximum absolute atomic E-state index is 12.3. The van der Waals surface area contributed by atoms with Gasteiger partial charge in [-0.25, -0.2) is 0 Å². The summed E-state index contributed by atoms with van der Waals surface area (Å²) in [4.78, 5) is 22.4. The highest BCUT2D eigenvalue weighted by molar-refractivity contribution is 5.83. The number of hydrogen-bond acceptors (Lipinski definition) is 5. The fourth-order valence-electron chi connectivity index (χ4n) is 1.50. The Morgan fingerprint density at radius 2 is 2.10 bits per heavy atom. The zero-order chi connectivity index (χ0) is 16.4. The van der Waals surface area contributed by atoms with Gasteiger partial charge < -0.3 is 10.4 Å². The van der Waals surface area contributed by atoms with Gasteiger partial charge in [0.15, 0.2) is 0 Å². The zero-order valence-electron chi connectivity index (χ0n) is 13.0. The summed E-state index contributed by atoms with van der Waals surface area (Å²) < 4.78 is 1.24. The van der Waals surface area contributed by atoms with Crippen LogP contribution in [0.25, 0.3) is 0 Å². The van der Waals surface area contributed by atoms with E-state index in [0.717, 1.165) is 6.20 Å². The predicted octanol–water partition coefficient (Wildman–Crippen LogP) is 1.05. The number of nitrogens with one attached hydrogen (secondary N) is 1. The molecular weight excluding hydrogens is 276 g/mol. The third-order valence-corrected chi connectivity index (χ3v) is 3.76. The van der Waals surface area contributed by atoms with E-state index in [9.17, 15) is 20.0 Å². The fourth-order valence-corrected chi connectivity index (χ4v) is 1.50. The van der Waals surface area contributed by atoms with Crippen LogP contribution in [-0.4, -0.2) is 37.9 Å². The Hall–Kier alpha value is -1.96. The van der Waals surface area contributed by atoms with Crippen molar-refractivity contribution in [2.75, 3.05) is 6.54 Å². The first kappa shape index (κ1) is 17.1. The molecule has 1 amide bonds. The van der Waals surface area contributed by atoms with Crippen molar-refractivity contribution in [3.05, 3.63) is 22.5 Å². The number of nitro groups is 1. The van der Waals surface area contributed by atoms with Crippen LogP contribution < -0.4 is 5.32 Å². The van der Waals surface area contributed by atoms with Crippen molar-refractivity contribution in [2.24, 2.45) is 5.92 Å². The second-order valence-corrected chi connectivity index (χ2v) is 6.15. The molecule has 0 fully saturated rings. The van der Waals surface area contributed by atoms with E-state index in [0.29, 0.717) is 0 Å². The molecular formula is C13H22N4O4. The van der Waals surface area contributed by atoms with E-state index in [1.165, 1.54) is 10.9 Å². The van der Waals surface area contributed by atoms with E-state index >= 15 is 0 Å². The summed E-state index contributed by atoms with van der Waals surface area (Å²) in [5.74, 6) is -0.395. The number of hydrogen-bond donors (Lipinski definition) is 2. The van der Waals surface area contributed by atoms with Gasteiger partial charge in [-0.1, -0.05) is 13.8 Å². The molecule has 2 N–H and O–H groups in total. The Morgan fingerprint density at radius 1 is 1.52 bits per heavy atom. The lowest BCUT2D eigenvalue weighted by atomic mass is 9.92. The van der Waals surface area contributed by atoms with E-state index in [-0.39, 0.29) is 24.1 Å². The van der Waals surface area contributed by atoms with E-state index < -0.39 is 16.1 Å². The van der Waals surface area contributed by atoms with Crippen molar-refractivity contribution in [1.82, 2.24) is 15.1 Å². The number of carbonyl (C=O) groups excluding carboxylic acids is 1. The van der Waals surface area contributed by atoms with Crippen LogP contribution in [0, 0.1) is 16.0 Å². The summed E-state index contributed by atoms with van der Waals surface area (Å²) in [5.41, 5.74) is -2.30. The summed E-state index contributed by atoms with van der Waals surface area (Å²) >= 11 is 0. The predicted molar refractivity (Wildman–Crippen MR) is 76.7 cm³/mol. The topological polar surface area (TPSA) is 110 Å². The third-order valence-electron chi connectivity index (χ3n) is 3.76. The van der Waals surface area contributed by atoms with Gasteiger partial charge in [0.1, 0.15) is 17.9 Å². The molecule has 0 radical (unpaired) electrons. The van der Waals surface area contributed by atoms with Crippen LogP contribution >= 0.6 is 0 Å². The van der Waals surface area contributed by atoms with E-state index in [1.54, 1.807) is 20.8 Å². The standard InChI is InChI=1S/C13H22N4O4/c1-9(2)13(5,19)8-14-11(18)12(3,4)16-7-10(6-15-16)17(20)21/h6-7,9,19H,8H2,1-5H3,(H,14,18). The quantitative estimate of drug-likeness (QED) is 0.602. The van der Waals surface area contributed by atoms with Gasteiger partial charge >= 0.3 is 5.69 Å². The van der Waals surface area contributed by atoms with Gasteiger partial charge in [0, 0.05) is 6.54 Å². The van der Waals surface area contributed by atoms with Crippen molar-refractivity contribution < 1.29 is 14.8 Å². The molecule has 1 rings (SSSR count). The van der Waals surface area contributed by atoms with Crippen LogP contribution in [-0.2, 0) is 10.3 Å². The molecule has 0 aromatic carbocycles. The number of aromatic nitrogens is 2. The van der Waals surface area contributed by atoms with Gasteiger partial charge in [-0.2, -0.15) is 5.10 Å². The Labute approximate surface area is 123 Å². The minimum absolute atomic E-state index is 0.0216. The molecule has 21 heavy (non-hydrogen) atoms. The molecule has 0 aliphatic carbocycles. The first-order valence-corrected chi connectivity index (χ1v) is 6.68. The molecule has 1 aromatic rings. The molecule has 1 heterocycles. The van der Waals surface area contributed by atoms with Crippen LogP contribution in [0.15, 0.2) is 12.4 Å². The summed E-state index contributed by atoms with van der Waals surface area (Å²) in [6, 6.07) is 0. The SMILES string of the molecule is CC(C)C(C)(O)CNC(=O)C(C)(C)n1cc([N+](=O)[O-])cn1. The van der Waals surface area contributed by atoms with Crippen LogP contribution in [0.4, 0.5) is 5.69 Å². The summed E-state index contributed by atoms with van der Waals surface area (Å²) in [6.45, 7) is 8.65. The molecule has 0 saturated heterocycles. The number of rotatable bonds is 6. The molecule has 1 aromatic heterocycles. The Bertz CT molecular complexity index is 534. The van der Waals surface area contributed by atoms with Crippen molar-refractivity contribution in [3.8, 4) is 0 Å². The first-order chi connectivity index (χ1) is 9.48. The zero-order valence-corrected chi connectivity index (χ0v) is 13.0. The molecule has 0 saturated carbocycles. The van der Waals surface area contributed by atoms with Crippen LogP contribution in [0.2, 0.25) is 0 Å². The van der Waals surface area contributed by atoms with Gasteiger partial charge in [-0.3, -0.25) is 19.6 Å². The molecule has 1 unspecified atom stereocenters. The van der Waals surface area contributed by atoms with Crippen LogP contribution in [0.1, 0.15) is 34.6 Å².